The van der Waals surface area contributed by atoms with Crippen LogP contribution in [-0.4, -0.2) is 23.8 Å². The molecule has 0 aromatic rings. The van der Waals surface area contributed by atoms with E-state index in [2.05, 4.69) is 4.74 Å². The zero-order chi connectivity index (χ0) is 8.85. The molecule has 0 aromatic carbocycles. The van der Waals surface area contributed by atoms with Gasteiger partial charge in [-0.05, 0) is 12.8 Å². The summed E-state index contributed by atoms with van der Waals surface area (Å²) in [7, 11) is 0. The number of ether oxygens (including phenoxy) is 1. The third kappa shape index (κ3) is 3.37. The van der Waals surface area contributed by atoms with Crippen molar-refractivity contribution in [3.05, 3.63) is 0 Å². The first-order valence-corrected chi connectivity index (χ1v) is 3.98. The minimum absolute atomic E-state index is 0.0194. The maximum absolute atomic E-state index is 10.9. The highest BCUT2D eigenvalue weighted by atomic mass is 16.5. The normalized spacial score (nSPS) is 15.6. The van der Waals surface area contributed by atoms with E-state index >= 15 is 0 Å². The van der Waals surface area contributed by atoms with Gasteiger partial charge in [0, 0.05) is 0 Å². The van der Waals surface area contributed by atoms with Gasteiger partial charge in [0.1, 0.15) is 0 Å². The molecule has 0 radical (unpaired) electrons. The maximum Gasteiger partial charge on any atom is 0.335 e. The van der Waals surface area contributed by atoms with Gasteiger partial charge in [-0.15, -0.1) is 0 Å². The maximum atomic E-state index is 10.9. The fourth-order valence-electron chi connectivity index (χ4n) is 0.683. The number of hydrogen-bond acceptors (Lipinski definition) is 3. The van der Waals surface area contributed by atoms with Crippen molar-refractivity contribution in [3.63, 3.8) is 0 Å². The zero-order valence-electron chi connectivity index (χ0n) is 7.33. The van der Waals surface area contributed by atoms with E-state index in [1.54, 1.807) is 6.92 Å². The Bertz CT molecular complexity index is 123. The smallest absolute Gasteiger partial charge is 0.335 e. The first kappa shape index (κ1) is 10.4. The van der Waals surface area contributed by atoms with Crippen molar-refractivity contribution in [1.82, 2.24) is 0 Å². The molecule has 0 spiro atoms. The lowest BCUT2D eigenvalue weighted by Gasteiger charge is -2.14. The van der Waals surface area contributed by atoms with Crippen LogP contribution < -0.4 is 0 Å². The van der Waals surface area contributed by atoms with Gasteiger partial charge in [0.2, 0.25) is 0 Å². The monoisotopic (exact) mass is 160 g/mol. The molecule has 0 bridgehead atoms. The van der Waals surface area contributed by atoms with Gasteiger partial charge >= 0.3 is 5.97 Å². The molecule has 0 amide bonds. The second-order valence-electron chi connectivity index (χ2n) is 2.58. The third-order valence-electron chi connectivity index (χ3n) is 1.71. The van der Waals surface area contributed by atoms with Crippen LogP contribution in [0.25, 0.3) is 0 Å². The summed E-state index contributed by atoms with van der Waals surface area (Å²) in [4.78, 5) is 10.9. The second kappa shape index (κ2) is 5.13. The van der Waals surface area contributed by atoms with E-state index in [0.717, 1.165) is 6.42 Å². The van der Waals surface area contributed by atoms with E-state index in [-0.39, 0.29) is 5.92 Å². The van der Waals surface area contributed by atoms with Crippen LogP contribution in [0.5, 0.6) is 0 Å². The van der Waals surface area contributed by atoms with Crippen LogP contribution in [-0.2, 0) is 9.53 Å². The van der Waals surface area contributed by atoms with Crippen LogP contribution in [0.15, 0.2) is 0 Å². The van der Waals surface area contributed by atoms with E-state index in [9.17, 15) is 9.90 Å². The van der Waals surface area contributed by atoms with Crippen LogP contribution >= 0.6 is 0 Å². The number of rotatable bonds is 4. The lowest BCUT2D eigenvalue weighted by molar-refractivity contribution is -0.155. The van der Waals surface area contributed by atoms with E-state index < -0.39 is 12.1 Å². The highest BCUT2D eigenvalue weighted by Gasteiger charge is 2.21. The fourth-order valence-corrected chi connectivity index (χ4v) is 0.683. The Morgan fingerprint density at radius 1 is 1.55 bits per heavy atom. The summed E-state index contributed by atoms with van der Waals surface area (Å²) in [6.07, 6.45) is -0.181. The van der Waals surface area contributed by atoms with E-state index in [4.69, 9.17) is 0 Å². The summed E-state index contributed by atoms with van der Waals surface area (Å²) in [5.41, 5.74) is 0. The van der Waals surface area contributed by atoms with Crippen LogP contribution in [0.2, 0.25) is 0 Å². The second-order valence-corrected chi connectivity index (χ2v) is 2.58. The van der Waals surface area contributed by atoms with Crippen LogP contribution in [0.4, 0.5) is 0 Å². The van der Waals surface area contributed by atoms with Crippen molar-refractivity contribution in [1.29, 1.82) is 0 Å². The molecular formula is C8H16O3. The average molecular weight is 160 g/mol. The predicted octanol–water partition coefficient (Wildman–Crippen LogP) is 0.956. The quantitative estimate of drug-likeness (QED) is 0.623. The lowest BCUT2D eigenvalue weighted by atomic mass is 10.0. The summed E-state index contributed by atoms with van der Waals surface area (Å²) in [5.74, 6) is -0.532. The molecule has 0 aliphatic heterocycles. The Kier molecular flexibility index (Phi) is 4.86. The summed E-state index contributed by atoms with van der Waals surface area (Å²) < 4.78 is 4.64. The lowest BCUT2D eigenvalue weighted by Crippen LogP contribution is -2.29. The van der Waals surface area contributed by atoms with Crippen LogP contribution in [0.1, 0.15) is 27.2 Å². The molecule has 0 aliphatic rings. The number of hydrogen-bond donors (Lipinski definition) is 1. The van der Waals surface area contributed by atoms with Gasteiger partial charge in [-0.3, -0.25) is 0 Å². The third-order valence-corrected chi connectivity index (χ3v) is 1.71. The van der Waals surface area contributed by atoms with Crippen molar-refractivity contribution in [2.75, 3.05) is 6.61 Å². The first-order valence-electron chi connectivity index (χ1n) is 3.98. The predicted molar refractivity (Wildman–Crippen MR) is 42.1 cm³/mol. The van der Waals surface area contributed by atoms with Crippen molar-refractivity contribution in [2.24, 2.45) is 5.92 Å². The molecule has 3 nitrogen and oxygen atoms in total. The molecule has 0 aliphatic carbocycles. The number of aliphatic hydroxyl groups is 1. The molecular weight excluding hydrogens is 144 g/mol. The van der Waals surface area contributed by atoms with Gasteiger partial charge in [0.25, 0.3) is 0 Å². The molecule has 1 N–H and O–H groups in total. The van der Waals surface area contributed by atoms with Crippen molar-refractivity contribution in [2.45, 2.75) is 33.3 Å². The van der Waals surface area contributed by atoms with E-state index in [1.165, 1.54) is 0 Å². The Hall–Kier alpha value is -0.570. The molecule has 0 saturated heterocycles. The van der Waals surface area contributed by atoms with Gasteiger partial charge < -0.3 is 9.84 Å². The van der Waals surface area contributed by atoms with Gasteiger partial charge in [-0.1, -0.05) is 20.3 Å². The highest BCUT2D eigenvalue weighted by Crippen LogP contribution is 2.08. The van der Waals surface area contributed by atoms with Crippen molar-refractivity contribution < 1.29 is 14.6 Å². The van der Waals surface area contributed by atoms with Gasteiger partial charge in [0.05, 0.1) is 6.61 Å². The Balaban J connectivity index is 3.80. The average Bonchev–Trinajstić information content (AvgIpc) is 2.02. The van der Waals surface area contributed by atoms with Crippen molar-refractivity contribution >= 4 is 5.97 Å². The van der Waals surface area contributed by atoms with E-state index in [1.807, 2.05) is 13.8 Å². The molecule has 0 fully saturated rings. The summed E-state index contributed by atoms with van der Waals surface area (Å²) >= 11 is 0. The number of carbonyl (C=O) groups excluding carboxylic acids is 1. The van der Waals surface area contributed by atoms with Gasteiger partial charge in [-0.2, -0.15) is 0 Å². The van der Waals surface area contributed by atoms with Gasteiger partial charge in [-0.25, -0.2) is 4.79 Å². The van der Waals surface area contributed by atoms with E-state index in [0.29, 0.717) is 6.61 Å². The molecule has 2 atom stereocenters. The molecule has 66 valence electrons. The van der Waals surface area contributed by atoms with Gasteiger partial charge in [0.15, 0.2) is 6.10 Å². The molecule has 0 rings (SSSR count). The standard InChI is InChI=1S/C8H16O3/c1-4-6(3)7(9)8(10)11-5-2/h6-7,9H,4-5H2,1-3H3. The minimum atomic E-state index is -0.958. The Labute approximate surface area is 67.4 Å². The number of aliphatic hydroxyl groups excluding tert-OH is 1. The highest BCUT2D eigenvalue weighted by molar-refractivity contribution is 5.74. The topological polar surface area (TPSA) is 46.5 Å². The summed E-state index contributed by atoms with van der Waals surface area (Å²) in [6, 6.07) is 0. The SMILES string of the molecule is CCOC(=O)C(O)C(C)CC. The number of esters is 1. The Morgan fingerprint density at radius 2 is 2.09 bits per heavy atom. The van der Waals surface area contributed by atoms with Crippen LogP contribution in [0.3, 0.4) is 0 Å². The molecule has 0 aromatic heterocycles. The summed E-state index contributed by atoms with van der Waals surface area (Å²) in [6.45, 7) is 5.79. The summed E-state index contributed by atoms with van der Waals surface area (Å²) in [5, 5.41) is 9.24. The number of carbonyl (C=O) groups is 1. The molecule has 11 heavy (non-hydrogen) atoms. The molecule has 3 heteroatoms. The zero-order valence-corrected chi connectivity index (χ0v) is 7.33. The van der Waals surface area contributed by atoms with Crippen LogP contribution in [0, 0.1) is 5.92 Å². The van der Waals surface area contributed by atoms with Crippen molar-refractivity contribution in [3.8, 4) is 0 Å². The minimum Gasteiger partial charge on any atom is -0.464 e. The fraction of sp³-hybridized carbons (Fsp3) is 0.875. The molecule has 0 heterocycles. The largest absolute Gasteiger partial charge is 0.464 e. The molecule has 0 saturated carbocycles. The first-order chi connectivity index (χ1) is 5.13. The Morgan fingerprint density at radius 3 is 2.45 bits per heavy atom. The molecule has 2 unspecified atom stereocenters.